The van der Waals surface area contributed by atoms with Gasteiger partial charge in [0.1, 0.15) is 5.75 Å². The SMILES string of the molecule is CCOc1ccc(C=NNC(=O)Cc2ccc(OC)cc2)cc1OC. The zero-order valence-corrected chi connectivity index (χ0v) is 14.6. The maximum absolute atomic E-state index is 11.9. The first-order chi connectivity index (χ1) is 12.2. The van der Waals surface area contributed by atoms with Crippen molar-refractivity contribution in [3.63, 3.8) is 0 Å². The molecule has 0 fully saturated rings. The third-order valence-electron chi connectivity index (χ3n) is 3.41. The molecule has 2 rings (SSSR count). The van der Waals surface area contributed by atoms with Gasteiger partial charge < -0.3 is 14.2 Å². The minimum atomic E-state index is -0.195. The molecule has 1 amide bonds. The van der Waals surface area contributed by atoms with E-state index in [-0.39, 0.29) is 12.3 Å². The third-order valence-corrected chi connectivity index (χ3v) is 3.41. The Morgan fingerprint density at radius 2 is 1.84 bits per heavy atom. The van der Waals surface area contributed by atoms with Crippen LogP contribution < -0.4 is 19.6 Å². The van der Waals surface area contributed by atoms with Crippen LogP contribution in [0.1, 0.15) is 18.1 Å². The van der Waals surface area contributed by atoms with Crippen molar-refractivity contribution in [1.29, 1.82) is 0 Å². The smallest absolute Gasteiger partial charge is 0.244 e. The van der Waals surface area contributed by atoms with E-state index < -0.39 is 0 Å². The van der Waals surface area contributed by atoms with Crippen molar-refractivity contribution < 1.29 is 19.0 Å². The third kappa shape index (κ3) is 5.53. The number of carbonyl (C=O) groups is 1. The van der Waals surface area contributed by atoms with Gasteiger partial charge in [-0.3, -0.25) is 4.79 Å². The maximum atomic E-state index is 11.9. The lowest BCUT2D eigenvalue weighted by Crippen LogP contribution is -2.19. The highest BCUT2D eigenvalue weighted by Gasteiger charge is 2.05. The summed E-state index contributed by atoms with van der Waals surface area (Å²) in [7, 11) is 3.18. The molecule has 0 spiro atoms. The van der Waals surface area contributed by atoms with E-state index in [1.807, 2.05) is 43.3 Å². The summed E-state index contributed by atoms with van der Waals surface area (Å²) in [6.07, 6.45) is 1.80. The summed E-state index contributed by atoms with van der Waals surface area (Å²) < 4.78 is 15.8. The summed E-state index contributed by atoms with van der Waals surface area (Å²) in [6, 6.07) is 12.8. The summed E-state index contributed by atoms with van der Waals surface area (Å²) in [6.45, 7) is 2.47. The molecule has 0 bridgehead atoms. The Kier molecular flexibility index (Phi) is 6.83. The van der Waals surface area contributed by atoms with E-state index in [4.69, 9.17) is 14.2 Å². The molecular weight excluding hydrogens is 320 g/mol. The van der Waals surface area contributed by atoms with Crippen LogP contribution in [-0.4, -0.2) is 32.9 Å². The molecule has 6 nitrogen and oxygen atoms in total. The fourth-order valence-electron chi connectivity index (χ4n) is 2.19. The largest absolute Gasteiger partial charge is 0.497 e. The molecule has 6 heteroatoms. The first-order valence-electron chi connectivity index (χ1n) is 7.92. The second kappa shape index (κ2) is 9.32. The Morgan fingerprint density at radius 3 is 2.48 bits per heavy atom. The highest BCUT2D eigenvalue weighted by molar-refractivity contribution is 5.84. The zero-order valence-electron chi connectivity index (χ0n) is 14.6. The van der Waals surface area contributed by atoms with Crippen LogP contribution in [0.3, 0.4) is 0 Å². The fraction of sp³-hybridized carbons (Fsp3) is 0.263. The number of nitrogens with one attached hydrogen (secondary N) is 1. The molecule has 132 valence electrons. The molecule has 1 N–H and O–H groups in total. The van der Waals surface area contributed by atoms with Gasteiger partial charge in [0.05, 0.1) is 33.5 Å². The first-order valence-corrected chi connectivity index (χ1v) is 7.92. The molecule has 0 heterocycles. The highest BCUT2D eigenvalue weighted by Crippen LogP contribution is 2.27. The average molecular weight is 342 g/mol. The fourth-order valence-corrected chi connectivity index (χ4v) is 2.19. The summed E-state index contributed by atoms with van der Waals surface area (Å²) >= 11 is 0. The van der Waals surface area contributed by atoms with Gasteiger partial charge in [-0.1, -0.05) is 12.1 Å². The molecule has 0 saturated heterocycles. The molecule has 0 saturated carbocycles. The topological polar surface area (TPSA) is 69.2 Å². The van der Waals surface area contributed by atoms with Crippen LogP contribution in [-0.2, 0) is 11.2 Å². The Balaban J connectivity index is 1.92. The van der Waals surface area contributed by atoms with Gasteiger partial charge in [-0.25, -0.2) is 5.43 Å². The molecule has 0 radical (unpaired) electrons. The molecule has 0 atom stereocenters. The lowest BCUT2D eigenvalue weighted by Gasteiger charge is -2.09. The van der Waals surface area contributed by atoms with Crippen molar-refractivity contribution in [2.45, 2.75) is 13.3 Å². The summed E-state index contributed by atoms with van der Waals surface area (Å²) in [5.74, 6) is 1.85. The molecule has 2 aromatic carbocycles. The highest BCUT2D eigenvalue weighted by atomic mass is 16.5. The van der Waals surface area contributed by atoms with Gasteiger partial charge in [0.25, 0.3) is 0 Å². The van der Waals surface area contributed by atoms with Crippen LogP contribution in [0.25, 0.3) is 0 Å². The molecule has 0 aliphatic rings. The Labute approximate surface area is 147 Å². The number of hydrogen-bond donors (Lipinski definition) is 1. The van der Waals surface area contributed by atoms with Crippen LogP contribution in [0.4, 0.5) is 0 Å². The second-order valence-electron chi connectivity index (χ2n) is 5.16. The molecule has 0 unspecified atom stereocenters. The predicted molar refractivity (Wildman–Crippen MR) is 96.6 cm³/mol. The average Bonchev–Trinajstić information content (AvgIpc) is 2.63. The number of methoxy groups -OCH3 is 2. The number of nitrogens with zero attached hydrogens (tertiary/aromatic N) is 1. The summed E-state index contributed by atoms with van der Waals surface area (Å²) in [4.78, 5) is 11.9. The summed E-state index contributed by atoms with van der Waals surface area (Å²) in [5, 5.41) is 3.98. The maximum Gasteiger partial charge on any atom is 0.244 e. The standard InChI is InChI=1S/C19H22N2O4/c1-4-25-17-10-7-15(11-18(17)24-3)13-20-21-19(22)12-14-5-8-16(23-2)9-6-14/h5-11,13H,4,12H2,1-3H3,(H,21,22). The lowest BCUT2D eigenvalue weighted by molar-refractivity contribution is -0.120. The lowest BCUT2D eigenvalue weighted by atomic mass is 10.1. The normalized spacial score (nSPS) is 10.5. The van der Waals surface area contributed by atoms with Crippen molar-refractivity contribution in [1.82, 2.24) is 5.43 Å². The van der Waals surface area contributed by atoms with Gasteiger partial charge in [-0.2, -0.15) is 5.10 Å². The van der Waals surface area contributed by atoms with Gasteiger partial charge >= 0.3 is 0 Å². The molecular formula is C19H22N2O4. The van der Waals surface area contributed by atoms with E-state index in [0.717, 1.165) is 16.9 Å². The molecule has 0 aliphatic carbocycles. The number of amides is 1. The van der Waals surface area contributed by atoms with E-state index in [0.29, 0.717) is 18.1 Å². The summed E-state index contributed by atoms with van der Waals surface area (Å²) in [5.41, 5.74) is 4.19. The quantitative estimate of drug-likeness (QED) is 0.592. The molecule has 25 heavy (non-hydrogen) atoms. The van der Waals surface area contributed by atoms with E-state index >= 15 is 0 Å². The second-order valence-corrected chi connectivity index (χ2v) is 5.16. The molecule has 0 aromatic heterocycles. The van der Waals surface area contributed by atoms with E-state index in [1.54, 1.807) is 26.5 Å². The minimum absolute atomic E-state index is 0.195. The zero-order chi connectivity index (χ0) is 18.1. The van der Waals surface area contributed by atoms with Crippen molar-refractivity contribution in [3.05, 3.63) is 53.6 Å². The number of hydrazone groups is 1. The van der Waals surface area contributed by atoms with Crippen LogP contribution >= 0.6 is 0 Å². The van der Waals surface area contributed by atoms with Crippen LogP contribution in [0.5, 0.6) is 17.2 Å². The molecule has 2 aromatic rings. The van der Waals surface area contributed by atoms with Gasteiger partial charge in [-0.15, -0.1) is 0 Å². The number of ether oxygens (including phenoxy) is 3. The van der Waals surface area contributed by atoms with Crippen LogP contribution in [0, 0.1) is 0 Å². The van der Waals surface area contributed by atoms with Gasteiger partial charge in [0.15, 0.2) is 11.5 Å². The van der Waals surface area contributed by atoms with Crippen LogP contribution in [0.15, 0.2) is 47.6 Å². The molecule has 0 aliphatic heterocycles. The van der Waals surface area contributed by atoms with Crippen molar-refractivity contribution in [2.24, 2.45) is 5.10 Å². The van der Waals surface area contributed by atoms with Crippen LogP contribution in [0.2, 0.25) is 0 Å². The Hall–Kier alpha value is -3.02. The van der Waals surface area contributed by atoms with Crippen molar-refractivity contribution in [3.8, 4) is 17.2 Å². The van der Waals surface area contributed by atoms with E-state index in [1.165, 1.54) is 0 Å². The van der Waals surface area contributed by atoms with E-state index in [9.17, 15) is 4.79 Å². The van der Waals surface area contributed by atoms with Crippen molar-refractivity contribution in [2.75, 3.05) is 20.8 Å². The number of hydrogen-bond acceptors (Lipinski definition) is 5. The number of carbonyl (C=O) groups excluding carboxylic acids is 1. The van der Waals surface area contributed by atoms with Gasteiger partial charge in [0, 0.05) is 0 Å². The monoisotopic (exact) mass is 342 g/mol. The predicted octanol–water partition coefficient (Wildman–Crippen LogP) is 2.80. The first kappa shape index (κ1) is 18.3. The Morgan fingerprint density at radius 1 is 1.08 bits per heavy atom. The Bertz CT molecular complexity index is 727. The number of benzene rings is 2. The number of rotatable bonds is 8. The van der Waals surface area contributed by atoms with Gasteiger partial charge in [0.2, 0.25) is 5.91 Å². The minimum Gasteiger partial charge on any atom is -0.497 e. The van der Waals surface area contributed by atoms with Gasteiger partial charge in [-0.05, 0) is 48.4 Å². The van der Waals surface area contributed by atoms with E-state index in [2.05, 4.69) is 10.5 Å². The van der Waals surface area contributed by atoms with Crippen molar-refractivity contribution >= 4 is 12.1 Å².